The molecule has 0 radical (unpaired) electrons. The lowest BCUT2D eigenvalue weighted by atomic mass is 10.1. The zero-order valence-electron chi connectivity index (χ0n) is 18.4. The van der Waals surface area contributed by atoms with Crippen molar-refractivity contribution in [2.45, 2.75) is 123 Å². The summed E-state index contributed by atoms with van der Waals surface area (Å²) in [5, 5.41) is 9.32. The van der Waals surface area contributed by atoms with Crippen molar-refractivity contribution in [2.75, 3.05) is 13.2 Å². The first-order valence-corrected chi connectivity index (χ1v) is 11.6. The van der Waals surface area contributed by atoms with E-state index in [9.17, 15) is 14.7 Å². The monoisotopic (exact) mass is 400 g/mol. The van der Waals surface area contributed by atoms with Crippen LogP contribution in [0.1, 0.15) is 117 Å². The molecule has 0 fully saturated rings. The Morgan fingerprint density at radius 1 is 0.679 bits per heavy atom. The molecule has 0 aliphatic heterocycles. The molecule has 0 aliphatic carbocycles. The van der Waals surface area contributed by atoms with Crippen molar-refractivity contribution in [3.05, 3.63) is 0 Å². The maximum absolute atomic E-state index is 11.9. The maximum Gasteiger partial charge on any atom is 0.306 e. The van der Waals surface area contributed by atoms with E-state index >= 15 is 0 Å². The van der Waals surface area contributed by atoms with E-state index in [-0.39, 0.29) is 25.2 Å². The summed E-state index contributed by atoms with van der Waals surface area (Å²) < 4.78 is 10.3. The van der Waals surface area contributed by atoms with Crippen LogP contribution in [0.5, 0.6) is 0 Å². The molecule has 0 aromatic heterocycles. The summed E-state index contributed by atoms with van der Waals surface area (Å²) in [5.41, 5.74) is 0. The molecule has 28 heavy (non-hydrogen) atoms. The van der Waals surface area contributed by atoms with Crippen LogP contribution in [0, 0.1) is 0 Å². The van der Waals surface area contributed by atoms with E-state index in [0.717, 1.165) is 38.5 Å². The van der Waals surface area contributed by atoms with Gasteiger partial charge in [0.05, 0.1) is 6.61 Å². The molecular weight excluding hydrogens is 356 g/mol. The quantitative estimate of drug-likeness (QED) is 0.209. The molecule has 0 aromatic rings. The predicted molar refractivity (Wildman–Crippen MR) is 113 cm³/mol. The normalized spacial score (nSPS) is 12.0. The Bertz CT molecular complexity index is 370. The SMILES string of the molecule is CCCCCCCCCCCC(=O)OC(CO)COC(=O)CCCCCCC. The van der Waals surface area contributed by atoms with Crippen molar-refractivity contribution in [1.29, 1.82) is 0 Å². The van der Waals surface area contributed by atoms with E-state index in [1.807, 2.05) is 0 Å². The summed E-state index contributed by atoms with van der Waals surface area (Å²) in [6, 6.07) is 0. The first-order valence-electron chi connectivity index (χ1n) is 11.6. The van der Waals surface area contributed by atoms with Gasteiger partial charge >= 0.3 is 11.9 Å². The van der Waals surface area contributed by atoms with Crippen molar-refractivity contribution in [2.24, 2.45) is 0 Å². The number of hydrogen-bond donors (Lipinski definition) is 1. The fourth-order valence-electron chi connectivity index (χ4n) is 3.08. The van der Waals surface area contributed by atoms with Gasteiger partial charge in [-0.15, -0.1) is 0 Å². The summed E-state index contributed by atoms with van der Waals surface area (Å²) in [7, 11) is 0. The van der Waals surface area contributed by atoms with Crippen molar-refractivity contribution < 1.29 is 24.2 Å². The van der Waals surface area contributed by atoms with Gasteiger partial charge in [0.2, 0.25) is 0 Å². The number of aliphatic hydroxyl groups is 1. The number of unbranched alkanes of at least 4 members (excludes halogenated alkanes) is 12. The number of ether oxygens (including phenoxy) is 2. The van der Waals surface area contributed by atoms with Gasteiger partial charge in [0.1, 0.15) is 6.61 Å². The van der Waals surface area contributed by atoms with Gasteiger partial charge in [0.25, 0.3) is 0 Å². The molecule has 1 atom stereocenters. The number of aliphatic hydroxyl groups excluding tert-OH is 1. The lowest BCUT2D eigenvalue weighted by molar-refractivity contribution is -0.161. The smallest absolute Gasteiger partial charge is 0.306 e. The molecule has 0 bridgehead atoms. The van der Waals surface area contributed by atoms with Gasteiger partial charge in [-0.25, -0.2) is 0 Å². The molecule has 1 N–H and O–H groups in total. The van der Waals surface area contributed by atoms with E-state index in [4.69, 9.17) is 9.47 Å². The van der Waals surface area contributed by atoms with E-state index in [1.165, 1.54) is 51.4 Å². The lowest BCUT2D eigenvalue weighted by Gasteiger charge is -2.15. The van der Waals surface area contributed by atoms with Gasteiger partial charge in [0, 0.05) is 12.8 Å². The topological polar surface area (TPSA) is 72.8 Å². The number of esters is 2. The van der Waals surface area contributed by atoms with Gasteiger partial charge in [-0.3, -0.25) is 9.59 Å². The molecule has 0 spiro atoms. The highest BCUT2D eigenvalue weighted by atomic mass is 16.6. The van der Waals surface area contributed by atoms with E-state index < -0.39 is 6.10 Å². The molecule has 0 rings (SSSR count). The highest BCUT2D eigenvalue weighted by molar-refractivity contribution is 5.70. The predicted octanol–water partition coefficient (Wildman–Crippen LogP) is 5.72. The third-order valence-corrected chi connectivity index (χ3v) is 4.90. The molecule has 5 heteroatoms. The van der Waals surface area contributed by atoms with Crippen molar-refractivity contribution in [1.82, 2.24) is 0 Å². The van der Waals surface area contributed by atoms with Crippen LogP contribution < -0.4 is 0 Å². The number of carbonyl (C=O) groups excluding carboxylic acids is 2. The summed E-state index contributed by atoms with van der Waals surface area (Å²) in [6.07, 6.45) is 16.1. The minimum Gasteiger partial charge on any atom is -0.462 e. The zero-order valence-corrected chi connectivity index (χ0v) is 18.4. The molecule has 166 valence electrons. The standard InChI is InChI=1S/C23H44O5/c1-3-5-7-9-10-11-12-14-16-18-23(26)28-21(19-24)20-27-22(25)17-15-13-8-6-4-2/h21,24H,3-20H2,1-2H3. The van der Waals surface area contributed by atoms with Crippen LogP contribution in [-0.4, -0.2) is 36.4 Å². The first-order chi connectivity index (χ1) is 13.6. The molecule has 0 aromatic carbocycles. The number of rotatable bonds is 20. The lowest BCUT2D eigenvalue weighted by Crippen LogP contribution is -2.28. The molecular formula is C23H44O5. The highest BCUT2D eigenvalue weighted by Crippen LogP contribution is 2.11. The van der Waals surface area contributed by atoms with Crippen LogP contribution in [0.15, 0.2) is 0 Å². The minimum atomic E-state index is -0.755. The molecule has 0 aliphatic rings. The van der Waals surface area contributed by atoms with Gasteiger partial charge in [-0.2, -0.15) is 0 Å². The van der Waals surface area contributed by atoms with Crippen LogP contribution in [0.25, 0.3) is 0 Å². The summed E-state index contributed by atoms with van der Waals surface area (Å²) in [5.74, 6) is -0.609. The highest BCUT2D eigenvalue weighted by Gasteiger charge is 2.15. The Hall–Kier alpha value is -1.10. The summed E-state index contributed by atoms with van der Waals surface area (Å²) in [6.45, 7) is 3.99. The van der Waals surface area contributed by atoms with E-state index in [1.54, 1.807) is 0 Å². The van der Waals surface area contributed by atoms with Crippen molar-refractivity contribution in [3.8, 4) is 0 Å². The second-order valence-corrected chi connectivity index (χ2v) is 7.72. The summed E-state index contributed by atoms with van der Waals surface area (Å²) in [4.78, 5) is 23.6. The third-order valence-electron chi connectivity index (χ3n) is 4.90. The second-order valence-electron chi connectivity index (χ2n) is 7.72. The van der Waals surface area contributed by atoms with E-state index in [0.29, 0.717) is 12.8 Å². The molecule has 1 unspecified atom stereocenters. The molecule has 0 saturated carbocycles. The Balaban J connectivity index is 3.65. The average molecular weight is 401 g/mol. The minimum absolute atomic E-state index is 0.0617. The van der Waals surface area contributed by atoms with E-state index in [2.05, 4.69) is 13.8 Å². The molecule has 5 nitrogen and oxygen atoms in total. The molecule has 0 amide bonds. The number of hydrogen-bond acceptors (Lipinski definition) is 5. The first kappa shape index (κ1) is 26.9. The van der Waals surface area contributed by atoms with Gasteiger partial charge in [-0.05, 0) is 12.8 Å². The van der Waals surface area contributed by atoms with Crippen LogP contribution in [0.4, 0.5) is 0 Å². The maximum atomic E-state index is 11.9. The van der Waals surface area contributed by atoms with Gasteiger partial charge < -0.3 is 14.6 Å². The second kappa shape index (κ2) is 20.6. The molecule has 0 heterocycles. The number of carbonyl (C=O) groups is 2. The van der Waals surface area contributed by atoms with Gasteiger partial charge in [-0.1, -0.05) is 90.9 Å². The van der Waals surface area contributed by atoms with Crippen LogP contribution in [0.2, 0.25) is 0 Å². The summed E-state index contributed by atoms with van der Waals surface area (Å²) >= 11 is 0. The average Bonchev–Trinajstić information content (AvgIpc) is 2.69. The fraction of sp³-hybridized carbons (Fsp3) is 0.913. The Morgan fingerprint density at radius 2 is 1.11 bits per heavy atom. The van der Waals surface area contributed by atoms with Crippen molar-refractivity contribution >= 4 is 11.9 Å². The Labute approximate surface area is 172 Å². The molecule has 0 saturated heterocycles. The van der Waals surface area contributed by atoms with Gasteiger partial charge in [0.15, 0.2) is 6.10 Å². The van der Waals surface area contributed by atoms with Crippen LogP contribution in [0.3, 0.4) is 0 Å². The largest absolute Gasteiger partial charge is 0.462 e. The fourth-order valence-corrected chi connectivity index (χ4v) is 3.08. The zero-order chi connectivity index (χ0) is 20.9. The van der Waals surface area contributed by atoms with Crippen molar-refractivity contribution in [3.63, 3.8) is 0 Å². The Morgan fingerprint density at radius 3 is 1.57 bits per heavy atom. The van der Waals surface area contributed by atoms with Crippen LogP contribution in [-0.2, 0) is 19.1 Å². The van der Waals surface area contributed by atoms with Crippen LogP contribution >= 0.6 is 0 Å². The third kappa shape index (κ3) is 18.3. The Kier molecular flexibility index (Phi) is 19.8.